The molecule has 7 nitrogen and oxygen atoms in total. The van der Waals surface area contributed by atoms with E-state index in [-0.39, 0.29) is 5.84 Å². The Balaban J connectivity index is 2.36. The Hall–Kier alpha value is -3.61. The summed E-state index contributed by atoms with van der Waals surface area (Å²) in [5.41, 5.74) is 11.2. The molecule has 0 amide bonds. The molecule has 3 rings (SSSR count). The Kier molecular flexibility index (Phi) is 4.70. The van der Waals surface area contributed by atoms with E-state index >= 15 is 0 Å². The molecule has 0 unspecified atom stereocenters. The van der Waals surface area contributed by atoms with Crippen LogP contribution in [0.5, 0.6) is 0 Å². The third kappa shape index (κ3) is 3.14. The van der Waals surface area contributed by atoms with Gasteiger partial charge in [0.15, 0.2) is 0 Å². The highest BCUT2D eigenvalue weighted by molar-refractivity contribution is 6.11. The van der Waals surface area contributed by atoms with Gasteiger partial charge in [-0.15, -0.1) is 0 Å². The van der Waals surface area contributed by atoms with Crippen LogP contribution in [0.2, 0.25) is 0 Å². The average Bonchev–Trinajstić information content (AvgIpc) is 2.94. The van der Waals surface area contributed by atoms with E-state index in [4.69, 9.17) is 16.6 Å². The molecule has 0 aliphatic rings. The van der Waals surface area contributed by atoms with Crippen molar-refractivity contribution in [2.24, 2.45) is 10.7 Å². The maximum atomic E-state index is 7.23. The number of aryl methyl sites for hydroxylation is 2. The number of allylic oxidation sites excluding steroid dienone is 1. The second kappa shape index (κ2) is 7.10. The Morgan fingerprint density at radius 3 is 2.69 bits per heavy atom. The van der Waals surface area contributed by atoms with Gasteiger partial charge in [0.2, 0.25) is 0 Å². The summed E-state index contributed by atoms with van der Waals surface area (Å²) in [6.07, 6.45) is 7.32. The number of pyridine rings is 1. The first-order valence-corrected chi connectivity index (χ1v) is 8.00. The molecule has 0 saturated heterocycles. The van der Waals surface area contributed by atoms with Crippen LogP contribution in [0.3, 0.4) is 0 Å². The molecule has 1 aromatic carbocycles. The number of rotatable bonds is 5. The van der Waals surface area contributed by atoms with E-state index in [0.29, 0.717) is 11.1 Å². The predicted molar refractivity (Wildman–Crippen MR) is 106 cm³/mol. The summed E-state index contributed by atoms with van der Waals surface area (Å²) in [7, 11) is 0. The van der Waals surface area contributed by atoms with E-state index in [9.17, 15) is 0 Å². The largest absolute Gasteiger partial charge is 0.383 e. The maximum Gasteiger partial charge on any atom is 0.134 e. The van der Waals surface area contributed by atoms with Crippen LogP contribution < -0.4 is 5.73 Å². The van der Waals surface area contributed by atoms with E-state index < -0.39 is 0 Å². The van der Waals surface area contributed by atoms with Crippen LogP contribution in [0.25, 0.3) is 28.4 Å². The average molecular weight is 345 g/mol. The maximum absolute atomic E-state index is 7.23. The Bertz CT molecular complexity index is 1060. The lowest BCUT2D eigenvalue weighted by Gasteiger charge is -2.08. The number of benzene rings is 1. The van der Waals surface area contributed by atoms with Crippen molar-refractivity contribution < 1.29 is 0 Å². The van der Waals surface area contributed by atoms with Gasteiger partial charge in [0.25, 0.3) is 0 Å². The second-order valence-electron chi connectivity index (χ2n) is 5.76. The van der Waals surface area contributed by atoms with E-state index in [2.05, 4.69) is 15.0 Å². The normalized spacial score (nSPS) is 12.0. The summed E-state index contributed by atoms with van der Waals surface area (Å²) < 4.78 is 1.90. The van der Waals surface area contributed by atoms with Crippen molar-refractivity contribution >= 4 is 35.6 Å². The van der Waals surface area contributed by atoms with Gasteiger partial charge < -0.3 is 15.7 Å². The number of nitrogens with one attached hydrogen (secondary N) is 2. The van der Waals surface area contributed by atoms with Crippen molar-refractivity contribution in [3.63, 3.8) is 0 Å². The third-order valence-electron chi connectivity index (χ3n) is 4.01. The minimum atomic E-state index is 0.235. The van der Waals surface area contributed by atoms with E-state index in [1.54, 1.807) is 18.5 Å². The molecule has 4 N–H and O–H groups in total. The summed E-state index contributed by atoms with van der Waals surface area (Å²) in [4.78, 5) is 12.8. The fourth-order valence-electron chi connectivity index (χ4n) is 2.85. The molecule has 2 heterocycles. The highest BCUT2D eigenvalue weighted by atomic mass is 15.1. The third-order valence-corrected chi connectivity index (χ3v) is 4.01. The molecule has 130 valence electrons. The van der Waals surface area contributed by atoms with Gasteiger partial charge >= 0.3 is 0 Å². The zero-order valence-electron chi connectivity index (χ0n) is 14.6. The molecule has 0 aliphatic heterocycles. The summed E-state index contributed by atoms with van der Waals surface area (Å²) in [6, 6.07) is 7.88. The van der Waals surface area contributed by atoms with Gasteiger partial charge in [-0.25, -0.2) is 9.98 Å². The lowest BCUT2D eigenvalue weighted by Crippen LogP contribution is -2.14. The molecule has 0 aliphatic carbocycles. The van der Waals surface area contributed by atoms with E-state index in [0.717, 1.165) is 34.5 Å². The van der Waals surface area contributed by atoms with Crippen molar-refractivity contribution in [1.82, 2.24) is 14.5 Å². The lowest BCUT2D eigenvalue weighted by molar-refractivity contribution is 1.06. The minimum absolute atomic E-state index is 0.235. The molecule has 2 aromatic heterocycles. The second-order valence-corrected chi connectivity index (χ2v) is 5.76. The van der Waals surface area contributed by atoms with Crippen LogP contribution in [-0.2, 0) is 0 Å². The van der Waals surface area contributed by atoms with Crippen LogP contribution in [0.4, 0.5) is 0 Å². The predicted octanol–water partition coefficient (Wildman–Crippen LogP) is 3.15. The number of hydrogen-bond donors (Lipinski definition) is 3. The minimum Gasteiger partial charge on any atom is -0.383 e. The van der Waals surface area contributed by atoms with Crippen LogP contribution in [0.1, 0.15) is 17.1 Å². The van der Waals surface area contributed by atoms with Crippen LogP contribution in [-0.4, -0.2) is 32.9 Å². The number of nitrogens with zero attached hydrogens (tertiary/aromatic N) is 4. The first-order chi connectivity index (χ1) is 12.5. The molecule has 0 atom stereocenters. The van der Waals surface area contributed by atoms with Crippen LogP contribution in [0.15, 0.2) is 41.5 Å². The quantitative estimate of drug-likeness (QED) is 0.487. The van der Waals surface area contributed by atoms with Crippen molar-refractivity contribution in [3.8, 4) is 11.1 Å². The fraction of sp³-hybridized carbons (Fsp3) is 0.105. The first-order valence-electron chi connectivity index (χ1n) is 8.00. The smallest absolute Gasteiger partial charge is 0.134 e. The van der Waals surface area contributed by atoms with E-state index in [1.807, 2.05) is 42.7 Å². The Morgan fingerprint density at radius 2 is 2.00 bits per heavy atom. The Morgan fingerprint density at radius 1 is 1.19 bits per heavy atom. The monoisotopic (exact) mass is 345 g/mol. The van der Waals surface area contributed by atoms with Crippen LogP contribution in [0, 0.1) is 24.7 Å². The van der Waals surface area contributed by atoms with Crippen LogP contribution >= 0.6 is 0 Å². The number of hydrogen-bond acceptors (Lipinski definition) is 4. The summed E-state index contributed by atoms with van der Waals surface area (Å²) in [5, 5.41) is 14.4. The molecular weight excluding hydrogens is 326 g/mol. The van der Waals surface area contributed by atoms with Gasteiger partial charge in [-0.2, -0.15) is 0 Å². The van der Waals surface area contributed by atoms with Gasteiger partial charge in [0.1, 0.15) is 23.5 Å². The lowest BCUT2D eigenvalue weighted by atomic mass is 10.0. The van der Waals surface area contributed by atoms with Crippen molar-refractivity contribution in [2.45, 2.75) is 13.8 Å². The first kappa shape index (κ1) is 17.2. The van der Waals surface area contributed by atoms with Crippen molar-refractivity contribution in [3.05, 3.63) is 53.6 Å². The summed E-state index contributed by atoms with van der Waals surface area (Å²) in [5.74, 6) is 1.00. The molecule has 0 fully saturated rings. The summed E-state index contributed by atoms with van der Waals surface area (Å²) >= 11 is 0. The number of amidine groups is 1. The number of aliphatic imine (C=N–C) groups is 1. The molecule has 0 spiro atoms. The molecule has 0 radical (unpaired) electrons. The molecule has 3 aromatic rings. The topological polar surface area (TPSA) is 117 Å². The van der Waals surface area contributed by atoms with Gasteiger partial charge in [0, 0.05) is 29.9 Å². The number of imidazole rings is 1. The highest BCUT2D eigenvalue weighted by Crippen LogP contribution is 2.29. The van der Waals surface area contributed by atoms with Gasteiger partial charge in [-0.1, -0.05) is 0 Å². The van der Waals surface area contributed by atoms with E-state index in [1.165, 1.54) is 6.21 Å². The van der Waals surface area contributed by atoms with Crippen molar-refractivity contribution in [2.75, 3.05) is 0 Å². The fourth-order valence-corrected chi connectivity index (χ4v) is 2.85. The van der Waals surface area contributed by atoms with Gasteiger partial charge in [-0.05, 0) is 55.3 Å². The van der Waals surface area contributed by atoms with Crippen molar-refractivity contribution in [1.29, 1.82) is 10.8 Å². The molecular formula is C19H19N7. The molecule has 0 saturated carbocycles. The zero-order chi connectivity index (χ0) is 18.7. The Labute approximate surface area is 150 Å². The molecule has 26 heavy (non-hydrogen) atoms. The number of fused-ring (bicyclic) bond motifs is 1. The standard InChI is InChI=1S/C19H19N7/c1-12-8-14(4-6-23-12)15-9-16(19(22)24-11-21)18-17(10-15)26(7-3-5-20)13(2)25-18/h3-11,20H,1-2H3,(H3,21,22,24)/b7-3+,20-5?. The number of nitrogens with two attached hydrogens (primary N) is 1. The van der Waals surface area contributed by atoms with Gasteiger partial charge in [0.05, 0.1) is 5.52 Å². The zero-order valence-corrected chi connectivity index (χ0v) is 14.6. The SMILES string of the molecule is Cc1cc(-c2cc(C(N)=NC=N)c3nc(C)n(/C=C/C=N)c3c2)ccn1. The highest BCUT2D eigenvalue weighted by Gasteiger charge is 2.15. The molecule has 0 bridgehead atoms. The van der Waals surface area contributed by atoms with Gasteiger partial charge in [-0.3, -0.25) is 10.4 Å². The summed E-state index contributed by atoms with van der Waals surface area (Å²) in [6.45, 7) is 3.83. The molecule has 7 heteroatoms. The number of aromatic nitrogens is 3.